The van der Waals surface area contributed by atoms with E-state index in [0.717, 1.165) is 4.90 Å². The van der Waals surface area contributed by atoms with Crippen LogP contribution in [-0.4, -0.2) is 40.8 Å². The molecule has 0 aromatic heterocycles. The number of carbonyl (C=O) groups is 3. The molecule has 0 saturated carbocycles. The highest BCUT2D eigenvalue weighted by molar-refractivity contribution is 6.21. The predicted molar refractivity (Wildman–Crippen MR) is 95.4 cm³/mol. The van der Waals surface area contributed by atoms with E-state index in [0.29, 0.717) is 16.7 Å². The lowest BCUT2D eigenvalue weighted by molar-refractivity contribution is -0.122. The highest BCUT2D eigenvalue weighted by Gasteiger charge is 2.35. The maximum atomic E-state index is 13.0. The molecule has 0 bridgehead atoms. The van der Waals surface area contributed by atoms with E-state index in [1.807, 2.05) is 0 Å². The molecule has 0 aliphatic carbocycles. The van der Waals surface area contributed by atoms with Gasteiger partial charge in [0.05, 0.1) is 17.7 Å². The molecule has 1 unspecified atom stereocenters. The number of fused-ring (bicyclic) bond motifs is 1. The molecule has 27 heavy (non-hydrogen) atoms. The number of nitrogens with zero attached hydrogens (tertiary/aromatic N) is 1. The second-order valence-electron chi connectivity index (χ2n) is 6.62. The Morgan fingerprint density at radius 3 is 2.19 bits per heavy atom. The summed E-state index contributed by atoms with van der Waals surface area (Å²) in [7, 11) is 0. The maximum absolute atomic E-state index is 13.0. The summed E-state index contributed by atoms with van der Waals surface area (Å²) < 4.78 is 13.0. The summed E-state index contributed by atoms with van der Waals surface area (Å²) in [5, 5.41) is 13.0. The predicted octanol–water partition coefficient (Wildman–Crippen LogP) is 1.84. The van der Waals surface area contributed by atoms with Crippen molar-refractivity contribution in [3.05, 3.63) is 71.0 Å². The normalized spacial score (nSPS) is 15.4. The van der Waals surface area contributed by atoms with Crippen molar-refractivity contribution in [1.82, 2.24) is 10.2 Å². The zero-order valence-electron chi connectivity index (χ0n) is 14.7. The van der Waals surface area contributed by atoms with E-state index in [1.54, 1.807) is 24.3 Å². The Morgan fingerprint density at radius 2 is 1.63 bits per heavy atom. The summed E-state index contributed by atoms with van der Waals surface area (Å²) in [4.78, 5) is 37.6. The molecular weight excluding hydrogens is 351 g/mol. The number of carbonyl (C=O) groups excluding carboxylic acids is 3. The zero-order valence-corrected chi connectivity index (χ0v) is 14.7. The molecule has 2 N–H and O–H groups in total. The van der Waals surface area contributed by atoms with Gasteiger partial charge in [-0.2, -0.15) is 0 Å². The van der Waals surface area contributed by atoms with Crippen LogP contribution in [0, 0.1) is 5.82 Å². The van der Waals surface area contributed by atoms with E-state index in [2.05, 4.69) is 5.32 Å². The lowest BCUT2D eigenvalue weighted by atomic mass is 9.96. The number of halogens is 1. The van der Waals surface area contributed by atoms with E-state index in [4.69, 9.17) is 0 Å². The van der Waals surface area contributed by atoms with E-state index < -0.39 is 29.1 Å². The van der Waals surface area contributed by atoms with Crippen LogP contribution in [0.4, 0.5) is 4.39 Å². The van der Waals surface area contributed by atoms with Crippen molar-refractivity contribution in [1.29, 1.82) is 0 Å². The third-order valence-corrected chi connectivity index (χ3v) is 4.54. The highest BCUT2D eigenvalue weighted by atomic mass is 19.1. The fraction of sp³-hybridized carbons (Fsp3) is 0.250. The Hall–Kier alpha value is -3.06. The Kier molecular flexibility index (Phi) is 5.05. The van der Waals surface area contributed by atoms with Crippen LogP contribution in [0.3, 0.4) is 0 Å². The number of nitrogens with one attached hydrogen (secondary N) is 1. The Balaban J connectivity index is 1.54. The maximum Gasteiger partial charge on any atom is 0.261 e. The van der Waals surface area contributed by atoms with Gasteiger partial charge in [-0.1, -0.05) is 24.3 Å². The van der Waals surface area contributed by atoms with Gasteiger partial charge in [-0.3, -0.25) is 19.3 Å². The van der Waals surface area contributed by atoms with Crippen molar-refractivity contribution in [2.24, 2.45) is 0 Å². The second kappa shape index (κ2) is 7.28. The van der Waals surface area contributed by atoms with Gasteiger partial charge in [0, 0.05) is 13.0 Å². The minimum absolute atomic E-state index is 0.0448. The van der Waals surface area contributed by atoms with Gasteiger partial charge < -0.3 is 10.4 Å². The molecule has 1 atom stereocenters. The third kappa shape index (κ3) is 3.88. The number of aliphatic hydroxyl groups is 1. The van der Waals surface area contributed by atoms with Crippen LogP contribution >= 0.6 is 0 Å². The molecule has 7 heteroatoms. The lowest BCUT2D eigenvalue weighted by Gasteiger charge is -2.24. The number of benzene rings is 2. The number of hydrogen-bond donors (Lipinski definition) is 2. The Morgan fingerprint density at radius 1 is 1.07 bits per heavy atom. The van der Waals surface area contributed by atoms with Gasteiger partial charge in [0.25, 0.3) is 11.8 Å². The molecule has 3 rings (SSSR count). The van der Waals surface area contributed by atoms with Gasteiger partial charge in [0.15, 0.2) is 0 Å². The third-order valence-electron chi connectivity index (χ3n) is 4.54. The molecule has 6 nitrogen and oxygen atoms in total. The van der Waals surface area contributed by atoms with Crippen molar-refractivity contribution in [2.75, 3.05) is 13.1 Å². The van der Waals surface area contributed by atoms with Gasteiger partial charge >= 0.3 is 0 Å². The first-order valence-corrected chi connectivity index (χ1v) is 8.50. The molecule has 2 aromatic rings. The second-order valence-corrected chi connectivity index (χ2v) is 6.62. The molecular formula is C20H19FN2O4. The van der Waals surface area contributed by atoms with Gasteiger partial charge in [-0.05, 0) is 36.8 Å². The van der Waals surface area contributed by atoms with Crippen LogP contribution in [-0.2, 0) is 10.4 Å². The quantitative estimate of drug-likeness (QED) is 0.760. The van der Waals surface area contributed by atoms with E-state index in [1.165, 1.54) is 31.2 Å². The van der Waals surface area contributed by atoms with Crippen LogP contribution in [0.1, 0.15) is 39.6 Å². The number of hydrogen-bond acceptors (Lipinski definition) is 4. The molecule has 0 spiro atoms. The van der Waals surface area contributed by atoms with Gasteiger partial charge in [0.2, 0.25) is 5.91 Å². The average molecular weight is 370 g/mol. The van der Waals surface area contributed by atoms with Crippen molar-refractivity contribution < 1.29 is 23.9 Å². The number of rotatable bonds is 6. The van der Waals surface area contributed by atoms with Gasteiger partial charge in [0.1, 0.15) is 11.4 Å². The molecule has 140 valence electrons. The fourth-order valence-electron chi connectivity index (χ4n) is 2.93. The summed E-state index contributed by atoms with van der Waals surface area (Å²) in [6, 6.07) is 11.9. The average Bonchev–Trinajstić information content (AvgIpc) is 2.90. The summed E-state index contributed by atoms with van der Waals surface area (Å²) in [5.41, 5.74) is -0.243. The van der Waals surface area contributed by atoms with Crippen molar-refractivity contribution >= 4 is 17.7 Å². The summed E-state index contributed by atoms with van der Waals surface area (Å²) in [5.74, 6) is -1.66. The molecule has 3 amide bonds. The first-order chi connectivity index (χ1) is 12.8. The van der Waals surface area contributed by atoms with E-state index in [-0.39, 0.29) is 19.5 Å². The van der Waals surface area contributed by atoms with Crippen molar-refractivity contribution in [3.8, 4) is 0 Å². The monoisotopic (exact) mass is 370 g/mol. The summed E-state index contributed by atoms with van der Waals surface area (Å²) in [6.45, 7) is 1.38. The van der Waals surface area contributed by atoms with E-state index in [9.17, 15) is 23.9 Å². The SMILES string of the molecule is CC(O)(CNC(=O)CCN1C(=O)c2ccccc2C1=O)c1ccc(F)cc1. The molecule has 0 fully saturated rings. The fourth-order valence-corrected chi connectivity index (χ4v) is 2.93. The number of imide groups is 1. The Bertz CT molecular complexity index is 858. The molecule has 1 aliphatic rings. The van der Waals surface area contributed by atoms with Crippen LogP contribution < -0.4 is 5.32 Å². The van der Waals surface area contributed by atoms with Gasteiger partial charge in [-0.15, -0.1) is 0 Å². The first-order valence-electron chi connectivity index (χ1n) is 8.50. The smallest absolute Gasteiger partial charge is 0.261 e. The lowest BCUT2D eigenvalue weighted by Crippen LogP contribution is -2.40. The number of amides is 3. The van der Waals surface area contributed by atoms with Crippen molar-refractivity contribution in [3.63, 3.8) is 0 Å². The standard InChI is InChI=1S/C20H19FN2O4/c1-20(27,13-6-8-14(21)9-7-13)12-22-17(24)10-11-23-18(25)15-4-2-3-5-16(15)19(23)26/h2-9,27H,10-12H2,1H3,(H,22,24). The van der Waals surface area contributed by atoms with E-state index >= 15 is 0 Å². The van der Waals surface area contributed by atoms with Crippen molar-refractivity contribution in [2.45, 2.75) is 18.9 Å². The van der Waals surface area contributed by atoms with Crippen LogP contribution in [0.25, 0.3) is 0 Å². The molecule has 2 aromatic carbocycles. The first kappa shape index (κ1) is 18.7. The molecule has 1 heterocycles. The zero-order chi connectivity index (χ0) is 19.6. The molecule has 0 saturated heterocycles. The summed E-state index contributed by atoms with van der Waals surface area (Å²) in [6.07, 6.45) is -0.0784. The largest absolute Gasteiger partial charge is 0.384 e. The van der Waals surface area contributed by atoms with Crippen LogP contribution in [0.5, 0.6) is 0 Å². The van der Waals surface area contributed by atoms with Gasteiger partial charge in [-0.25, -0.2) is 4.39 Å². The Labute approximate surface area is 155 Å². The van der Waals surface area contributed by atoms with Crippen LogP contribution in [0.2, 0.25) is 0 Å². The highest BCUT2D eigenvalue weighted by Crippen LogP contribution is 2.23. The minimum atomic E-state index is -1.38. The topological polar surface area (TPSA) is 86.7 Å². The van der Waals surface area contributed by atoms with Crippen LogP contribution in [0.15, 0.2) is 48.5 Å². The molecule has 0 radical (unpaired) electrons. The summed E-state index contributed by atoms with van der Waals surface area (Å²) >= 11 is 0. The molecule has 1 aliphatic heterocycles. The minimum Gasteiger partial charge on any atom is -0.384 e.